The van der Waals surface area contributed by atoms with Crippen molar-refractivity contribution in [3.8, 4) is 0 Å². The van der Waals surface area contributed by atoms with E-state index in [1.807, 2.05) is 60.7 Å². The van der Waals surface area contributed by atoms with Crippen molar-refractivity contribution in [3.05, 3.63) is 121 Å². The summed E-state index contributed by atoms with van der Waals surface area (Å²) in [6.07, 6.45) is 5.11. The molecule has 0 aliphatic heterocycles. The maximum absolute atomic E-state index is 12.0. The van der Waals surface area contributed by atoms with E-state index in [1.54, 1.807) is 49.1 Å². The molecule has 4 aromatic rings. The molecule has 44 heavy (non-hydrogen) atoms. The first-order chi connectivity index (χ1) is 21.4. The number of alkyl carbamates (subject to hydrolysis) is 2. The maximum atomic E-state index is 12.0. The van der Waals surface area contributed by atoms with Crippen LogP contribution in [0.5, 0.6) is 0 Å². The van der Waals surface area contributed by atoms with Crippen LogP contribution in [0.2, 0.25) is 0 Å². The Labute approximate surface area is 258 Å². The number of rotatable bonds is 12. The van der Waals surface area contributed by atoms with Gasteiger partial charge in [-0.2, -0.15) is 0 Å². The van der Waals surface area contributed by atoms with E-state index in [9.17, 15) is 24.3 Å². The molecule has 4 rings (SSSR count). The van der Waals surface area contributed by atoms with Crippen LogP contribution < -0.4 is 21.5 Å². The molecule has 232 valence electrons. The number of aliphatic hydroxyl groups is 1. The predicted octanol–water partition coefficient (Wildman–Crippen LogP) is 2.94. The molecule has 0 bridgehead atoms. The number of hydrogen-bond acceptors (Lipinski definition) is 7. The molecule has 0 aliphatic carbocycles. The lowest BCUT2D eigenvalue weighted by molar-refractivity contribution is -0.120. The van der Waals surface area contributed by atoms with Gasteiger partial charge in [0.15, 0.2) is 0 Å². The van der Waals surface area contributed by atoms with Crippen molar-refractivity contribution in [3.63, 3.8) is 0 Å². The van der Waals surface area contributed by atoms with Gasteiger partial charge in [0, 0.05) is 24.8 Å². The van der Waals surface area contributed by atoms with Crippen LogP contribution in [0.3, 0.4) is 0 Å². The van der Waals surface area contributed by atoms with E-state index in [-0.39, 0.29) is 19.1 Å². The summed E-state index contributed by atoms with van der Waals surface area (Å²) in [5, 5.41) is 14.0. The van der Waals surface area contributed by atoms with E-state index in [0.29, 0.717) is 0 Å². The molecule has 0 saturated heterocycles. The molecule has 0 saturated carbocycles. The Kier molecular flexibility index (Phi) is 13.8. The van der Waals surface area contributed by atoms with Crippen LogP contribution in [0, 0.1) is 0 Å². The highest BCUT2D eigenvalue weighted by atomic mass is 35.5. The molecule has 13 nitrogen and oxygen atoms in total. The zero-order valence-electron chi connectivity index (χ0n) is 23.5. The third-order valence-electron chi connectivity index (χ3n) is 5.67. The molecule has 2 heterocycles. The van der Waals surface area contributed by atoms with E-state index < -0.39 is 42.7 Å². The number of aliphatic hydroxyl groups excluding tert-OH is 1. The molecule has 2 atom stereocenters. The fourth-order valence-corrected chi connectivity index (χ4v) is 3.63. The third-order valence-corrected chi connectivity index (χ3v) is 5.98. The topological polar surface area (TPSA) is 165 Å². The summed E-state index contributed by atoms with van der Waals surface area (Å²) in [6.45, 7) is -0.321. The van der Waals surface area contributed by atoms with E-state index in [4.69, 9.17) is 21.1 Å². The highest BCUT2D eigenvalue weighted by molar-refractivity contribution is 6.20. The molecule has 0 unspecified atom stereocenters. The Balaban J connectivity index is 0.000000240. The van der Waals surface area contributed by atoms with E-state index in [0.717, 1.165) is 11.1 Å². The summed E-state index contributed by atoms with van der Waals surface area (Å²) in [6, 6.07) is 23.4. The Morgan fingerprint density at radius 3 is 1.41 bits per heavy atom. The molecule has 0 aliphatic rings. The average Bonchev–Trinajstić information content (AvgIpc) is 3.76. The number of amides is 4. The van der Waals surface area contributed by atoms with Gasteiger partial charge >= 0.3 is 12.2 Å². The number of nitrogens with zero attached hydrogens (tertiary/aromatic N) is 2. The number of ether oxygens (including phenoxy) is 2. The van der Waals surface area contributed by atoms with Crippen molar-refractivity contribution >= 4 is 35.6 Å². The van der Waals surface area contributed by atoms with Gasteiger partial charge in [-0.3, -0.25) is 29.8 Å². The first-order valence-corrected chi connectivity index (χ1v) is 13.9. The zero-order chi connectivity index (χ0) is 31.6. The minimum absolute atomic E-state index is 0.0620. The van der Waals surface area contributed by atoms with Crippen LogP contribution in [0.25, 0.3) is 0 Å². The van der Waals surface area contributed by atoms with Crippen molar-refractivity contribution in [2.75, 3.05) is 23.3 Å². The SMILES string of the molecule is O=C(N[C@@H](CCl)C(=O)Nn1cccc1)OCc1ccccc1.O=C(N[C@@H](CO)C(=O)Nn1cccc1)OCc1ccccc1. The van der Waals surface area contributed by atoms with Crippen molar-refractivity contribution < 1.29 is 33.8 Å². The standard InChI is InChI=1S/C15H16ClN3O3.C15H17N3O4/c16-10-13(14(20)18-19-8-4-5-9-19)17-15(21)22-11-12-6-2-1-3-7-12;19-10-13(14(20)17-18-8-4-5-9-18)16-15(21)22-11-12-6-2-1-3-7-12/h1-9,13H,10-11H2,(H,17,21)(H,18,20);1-9,13,19H,10-11H2,(H,16,21)(H,17,20)/t2*13-/m00/s1. The molecule has 2 aromatic heterocycles. The first kappa shape index (κ1) is 33.2. The molecular weight excluding hydrogens is 592 g/mol. The highest BCUT2D eigenvalue weighted by Crippen LogP contribution is 2.02. The molecule has 2 aromatic carbocycles. The second kappa shape index (κ2) is 18.3. The maximum Gasteiger partial charge on any atom is 0.408 e. The number of aromatic nitrogens is 2. The quantitative estimate of drug-likeness (QED) is 0.151. The predicted molar refractivity (Wildman–Crippen MR) is 163 cm³/mol. The summed E-state index contributed by atoms with van der Waals surface area (Å²) in [4.78, 5) is 47.2. The molecule has 14 heteroatoms. The fraction of sp³-hybridized carbons (Fsp3) is 0.200. The monoisotopic (exact) mass is 624 g/mol. The van der Waals surface area contributed by atoms with E-state index in [1.165, 1.54) is 9.35 Å². The fourth-order valence-electron chi connectivity index (χ4n) is 3.41. The number of hydrogen-bond donors (Lipinski definition) is 5. The number of nitrogens with one attached hydrogen (secondary N) is 4. The van der Waals surface area contributed by atoms with Crippen LogP contribution in [0.15, 0.2) is 110 Å². The van der Waals surface area contributed by atoms with Gasteiger partial charge in [-0.05, 0) is 35.4 Å². The van der Waals surface area contributed by atoms with Crippen molar-refractivity contribution in [2.45, 2.75) is 25.3 Å². The summed E-state index contributed by atoms with van der Waals surface area (Å²) in [7, 11) is 0. The van der Waals surface area contributed by atoms with Crippen LogP contribution >= 0.6 is 11.6 Å². The van der Waals surface area contributed by atoms with Crippen molar-refractivity contribution in [2.24, 2.45) is 0 Å². The van der Waals surface area contributed by atoms with Gasteiger partial charge in [0.2, 0.25) is 0 Å². The minimum Gasteiger partial charge on any atom is -0.445 e. The second-order valence-corrected chi connectivity index (χ2v) is 9.30. The summed E-state index contributed by atoms with van der Waals surface area (Å²) in [5.41, 5.74) is 6.76. The van der Waals surface area contributed by atoms with Gasteiger partial charge in [-0.25, -0.2) is 9.59 Å². The lowest BCUT2D eigenvalue weighted by Gasteiger charge is -2.16. The number of carbonyl (C=O) groups is 4. The lowest BCUT2D eigenvalue weighted by Crippen LogP contribution is -2.47. The van der Waals surface area contributed by atoms with Gasteiger partial charge in [0.25, 0.3) is 11.8 Å². The third kappa shape index (κ3) is 11.9. The Bertz CT molecular complexity index is 1310. The average molecular weight is 625 g/mol. The number of halogens is 1. The molecule has 4 amide bonds. The van der Waals surface area contributed by atoms with Gasteiger partial charge in [-0.15, -0.1) is 11.6 Å². The molecule has 0 fully saturated rings. The summed E-state index contributed by atoms with van der Waals surface area (Å²) in [5.74, 6) is -1.04. The lowest BCUT2D eigenvalue weighted by atomic mass is 10.2. The van der Waals surface area contributed by atoms with Crippen LogP contribution in [0.1, 0.15) is 11.1 Å². The second-order valence-electron chi connectivity index (χ2n) is 8.99. The molecule has 5 N–H and O–H groups in total. The van der Waals surface area contributed by atoms with Crippen LogP contribution in [-0.2, 0) is 32.3 Å². The summed E-state index contributed by atoms with van der Waals surface area (Å²) < 4.78 is 12.9. The molecule has 0 spiro atoms. The van der Waals surface area contributed by atoms with Gasteiger partial charge in [0.05, 0.1) is 12.5 Å². The van der Waals surface area contributed by atoms with Crippen LogP contribution in [-0.4, -0.2) is 63.0 Å². The normalized spacial score (nSPS) is 11.5. The first-order valence-electron chi connectivity index (χ1n) is 13.4. The minimum atomic E-state index is -1.09. The molecular formula is C30H33ClN6O7. The Morgan fingerprint density at radius 1 is 0.636 bits per heavy atom. The molecule has 0 radical (unpaired) electrons. The van der Waals surface area contributed by atoms with Gasteiger partial charge in [-0.1, -0.05) is 60.7 Å². The number of carbonyl (C=O) groups excluding carboxylic acids is 4. The number of benzene rings is 2. The van der Waals surface area contributed by atoms with Gasteiger partial charge < -0.3 is 25.2 Å². The smallest absolute Gasteiger partial charge is 0.408 e. The van der Waals surface area contributed by atoms with Crippen LogP contribution in [0.4, 0.5) is 9.59 Å². The zero-order valence-corrected chi connectivity index (χ0v) is 24.3. The van der Waals surface area contributed by atoms with Gasteiger partial charge in [0.1, 0.15) is 25.3 Å². The van der Waals surface area contributed by atoms with E-state index >= 15 is 0 Å². The van der Waals surface area contributed by atoms with Crippen molar-refractivity contribution in [1.29, 1.82) is 0 Å². The highest BCUT2D eigenvalue weighted by Gasteiger charge is 2.21. The van der Waals surface area contributed by atoms with E-state index in [2.05, 4.69) is 21.5 Å². The Hall–Kier alpha value is -5.27. The number of alkyl halides is 1. The summed E-state index contributed by atoms with van der Waals surface area (Å²) >= 11 is 5.72. The largest absolute Gasteiger partial charge is 0.445 e. The Morgan fingerprint density at radius 2 is 1.02 bits per heavy atom. The van der Waals surface area contributed by atoms with Crippen molar-refractivity contribution in [1.82, 2.24) is 20.0 Å².